The molecule has 1 unspecified atom stereocenters. The number of methoxy groups -OCH3 is 2. The van der Waals surface area contributed by atoms with Crippen LogP contribution in [-0.2, 0) is 4.74 Å². The Hall–Kier alpha value is -1.14. The number of ether oxygens (including phenoxy) is 2. The Balaban J connectivity index is 3.22. The lowest BCUT2D eigenvalue weighted by atomic mass is 10.2. The molecule has 0 aromatic heterocycles. The van der Waals surface area contributed by atoms with Gasteiger partial charge in [0.05, 0.1) is 17.6 Å². The molecule has 1 atom stereocenters. The number of hydrogen-bond acceptors (Lipinski definition) is 4. The third kappa shape index (κ3) is 2.66. The van der Waals surface area contributed by atoms with Crippen LogP contribution in [0.25, 0.3) is 0 Å². The van der Waals surface area contributed by atoms with Crippen molar-refractivity contribution < 1.29 is 14.4 Å². The predicted octanol–water partition coefficient (Wildman–Crippen LogP) is 2.64. The van der Waals surface area contributed by atoms with Gasteiger partial charge in [-0.1, -0.05) is 15.9 Å². The Labute approximate surface area is 95.3 Å². The molecule has 82 valence electrons. The number of halogens is 1. The van der Waals surface area contributed by atoms with Crippen molar-refractivity contribution in [3.8, 4) is 5.75 Å². The fourth-order valence-electron chi connectivity index (χ4n) is 1.13. The van der Waals surface area contributed by atoms with Crippen molar-refractivity contribution in [2.45, 2.75) is 5.01 Å². The average molecular weight is 276 g/mol. The van der Waals surface area contributed by atoms with Gasteiger partial charge in [0.2, 0.25) is 0 Å². The molecule has 15 heavy (non-hydrogen) atoms. The van der Waals surface area contributed by atoms with E-state index in [0.717, 1.165) is 0 Å². The fraction of sp³-hybridized carbons (Fsp3) is 0.333. The van der Waals surface area contributed by atoms with Crippen molar-refractivity contribution in [3.63, 3.8) is 0 Å². The summed E-state index contributed by atoms with van der Waals surface area (Å²) in [6.07, 6.45) is 0. The maximum Gasteiger partial charge on any atom is 0.276 e. The monoisotopic (exact) mass is 275 g/mol. The largest absolute Gasteiger partial charge is 0.497 e. The summed E-state index contributed by atoms with van der Waals surface area (Å²) in [5.41, 5.74) is 0.432. The molecule has 0 spiro atoms. The molecule has 0 amide bonds. The zero-order valence-electron chi connectivity index (χ0n) is 8.27. The summed E-state index contributed by atoms with van der Waals surface area (Å²) in [6.45, 7) is 0. The number of nitrogens with zero attached hydrogens (tertiary/aromatic N) is 1. The lowest BCUT2D eigenvalue weighted by molar-refractivity contribution is -0.385. The molecule has 0 saturated heterocycles. The average Bonchev–Trinajstić information content (AvgIpc) is 2.26. The van der Waals surface area contributed by atoms with E-state index in [4.69, 9.17) is 9.47 Å². The van der Waals surface area contributed by atoms with Crippen molar-refractivity contribution in [1.29, 1.82) is 0 Å². The number of nitro benzene ring substituents is 1. The maximum absolute atomic E-state index is 10.7. The summed E-state index contributed by atoms with van der Waals surface area (Å²) >= 11 is 3.19. The zero-order valence-corrected chi connectivity index (χ0v) is 9.85. The molecular weight excluding hydrogens is 266 g/mol. The van der Waals surface area contributed by atoms with Crippen LogP contribution < -0.4 is 4.74 Å². The Bertz CT molecular complexity index is 369. The van der Waals surface area contributed by atoms with Gasteiger partial charge in [0, 0.05) is 13.2 Å². The van der Waals surface area contributed by atoms with Gasteiger partial charge < -0.3 is 9.47 Å². The molecule has 0 N–H and O–H groups in total. The highest BCUT2D eigenvalue weighted by Gasteiger charge is 2.20. The van der Waals surface area contributed by atoms with Crippen LogP contribution in [-0.4, -0.2) is 19.1 Å². The number of benzene rings is 1. The van der Waals surface area contributed by atoms with Gasteiger partial charge in [-0.3, -0.25) is 10.1 Å². The van der Waals surface area contributed by atoms with E-state index in [9.17, 15) is 10.1 Å². The highest BCUT2D eigenvalue weighted by Crippen LogP contribution is 2.34. The van der Waals surface area contributed by atoms with Gasteiger partial charge in [0.15, 0.2) is 0 Å². The van der Waals surface area contributed by atoms with Gasteiger partial charge in [-0.05, 0) is 12.1 Å². The zero-order chi connectivity index (χ0) is 11.4. The number of rotatable bonds is 4. The van der Waals surface area contributed by atoms with Crippen LogP contribution >= 0.6 is 15.9 Å². The second-order valence-corrected chi connectivity index (χ2v) is 3.57. The molecule has 6 heteroatoms. The first-order valence-electron chi connectivity index (χ1n) is 4.09. The van der Waals surface area contributed by atoms with Gasteiger partial charge in [-0.25, -0.2) is 0 Å². The molecule has 0 bridgehead atoms. The summed E-state index contributed by atoms with van der Waals surface area (Å²) in [5.74, 6) is 0.553. The standard InChI is InChI=1S/C9H10BrNO4/c1-14-6-3-4-8(11(12)13)7(5-6)9(10)15-2/h3-5,9H,1-2H3. The number of hydrogen-bond donors (Lipinski definition) is 0. The quantitative estimate of drug-likeness (QED) is 0.482. The summed E-state index contributed by atoms with van der Waals surface area (Å²) in [6, 6.07) is 4.50. The summed E-state index contributed by atoms with van der Waals surface area (Å²) in [4.78, 5) is 10.3. The van der Waals surface area contributed by atoms with Crippen molar-refractivity contribution in [2.24, 2.45) is 0 Å². The lowest BCUT2D eigenvalue weighted by Crippen LogP contribution is -2.00. The van der Waals surface area contributed by atoms with Gasteiger partial charge >= 0.3 is 0 Å². The molecule has 0 heterocycles. The van der Waals surface area contributed by atoms with E-state index in [1.807, 2.05) is 0 Å². The van der Waals surface area contributed by atoms with E-state index in [0.29, 0.717) is 11.3 Å². The first kappa shape index (κ1) is 11.9. The SMILES string of the molecule is COc1ccc([N+](=O)[O-])c(C(Br)OC)c1. The highest BCUT2D eigenvalue weighted by atomic mass is 79.9. The molecule has 0 aliphatic heterocycles. The molecule has 1 aromatic rings. The topological polar surface area (TPSA) is 61.6 Å². The molecule has 1 rings (SSSR count). The van der Waals surface area contributed by atoms with E-state index in [-0.39, 0.29) is 5.69 Å². The van der Waals surface area contributed by atoms with Gasteiger partial charge in [0.25, 0.3) is 5.69 Å². The van der Waals surface area contributed by atoms with E-state index >= 15 is 0 Å². The molecule has 0 radical (unpaired) electrons. The van der Waals surface area contributed by atoms with Crippen molar-refractivity contribution >= 4 is 21.6 Å². The summed E-state index contributed by atoms with van der Waals surface area (Å²) in [7, 11) is 2.96. The molecule has 0 aliphatic carbocycles. The Morgan fingerprint density at radius 1 is 1.47 bits per heavy atom. The van der Waals surface area contributed by atoms with Crippen LogP contribution in [0.4, 0.5) is 5.69 Å². The minimum atomic E-state index is -0.520. The Kier molecular flexibility index (Phi) is 4.05. The fourth-order valence-corrected chi connectivity index (χ4v) is 1.50. The molecule has 5 nitrogen and oxygen atoms in total. The third-order valence-electron chi connectivity index (χ3n) is 1.88. The van der Waals surface area contributed by atoms with Crippen LogP contribution in [0.1, 0.15) is 10.6 Å². The van der Waals surface area contributed by atoms with Crippen LogP contribution in [0.15, 0.2) is 18.2 Å². The second-order valence-electron chi connectivity index (χ2n) is 2.73. The predicted molar refractivity (Wildman–Crippen MR) is 58.3 cm³/mol. The van der Waals surface area contributed by atoms with Crippen molar-refractivity contribution in [1.82, 2.24) is 0 Å². The highest BCUT2D eigenvalue weighted by molar-refractivity contribution is 9.09. The molecule has 1 aromatic carbocycles. The smallest absolute Gasteiger partial charge is 0.276 e. The van der Waals surface area contributed by atoms with Crippen molar-refractivity contribution in [3.05, 3.63) is 33.9 Å². The summed E-state index contributed by atoms with van der Waals surface area (Å²) < 4.78 is 9.97. The number of nitro groups is 1. The Morgan fingerprint density at radius 2 is 2.13 bits per heavy atom. The molecular formula is C9H10BrNO4. The Morgan fingerprint density at radius 3 is 2.60 bits per heavy atom. The first-order chi connectivity index (χ1) is 7.10. The third-order valence-corrected chi connectivity index (χ3v) is 2.75. The van der Waals surface area contributed by atoms with E-state index in [2.05, 4.69) is 15.9 Å². The minimum Gasteiger partial charge on any atom is -0.497 e. The first-order valence-corrected chi connectivity index (χ1v) is 5.01. The molecule has 0 saturated carbocycles. The van der Waals surface area contributed by atoms with E-state index < -0.39 is 9.94 Å². The van der Waals surface area contributed by atoms with E-state index in [1.165, 1.54) is 26.4 Å². The lowest BCUT2D eigenvalue weighted by Gasteiger charge is -2.09. The normalized spacial score (nSPS) is 12.2. The van der Waals surface area contributed by atoms with Crippen LogP contribution in [0.2, 0.25) is 0 Å². The molecule has 0 aliphatic rings. The van der Waals surface area contributed by atoms with Gasteiger partial charge in [-0.2, -0.15) is 0 Å². The van der Waals surface area contributed by atoms with Crippen molar-refractivity contribution in [2.75, 3.05) is 14.2 Å². The van der Waals surface area contributed by atoms with E-state index in [1.54, 1.807) is 6.07 Å². The van der Waals surface area contributed by atoms with Crippen LogP contribution in [0.5, 0.6) is 5.75 Å². The van der Waals surface area contributed by atoms with Gasteiger partial charge in [-0.15, -0.1) is 0 Å². The van der Waals surface area contributed by atoms with Crippen LogP contribution in [0, 0.1) is 10.1 Å². The minimum absolute atomic E-state index is 0.000440. The second kappa shape index (κ2) is 5.09. The maximum atomic E-state index is 10.7. The van der Waals surface area contributed by atoms with Gasteiger partial charge in [0.1, 0.15) is 10.8 Å². The number of alkyl halides is 1. The molecule has 0 fully saturated rings. The van der Waals surface area contributed by atoms with Crippen LogP contribution in [0.3, 0.4) is 0 Å². The summed E-state index contributed by atoms with van der Waals surface area (Å²) in [5, 5.41) is 10.2.